The first kappa shape index (κ1) is 15.1. The van der Waals surface area contributed by atoms with E-state index in [1.165, 1.54) is 0 Å². The van der Waals surface area contributed by atoms with Gasteiger partial charge in [-0.25, -0.2) is 4.79 Å². The van der Waals surface area contributed by atoms with Crippen molar-refractivity contribution >= 4 is 5.97 Å². The molecule has 0 aliphatic carbocycles. The predicted molar refractivity (Wildman–Crippen MR) is 62.6 cm³/mol. The van der Waals surface area contributed by atoms with Gasteiger partial charge in [-0.1, -0.05) is 19.4 Å². The molecule has 4 nitrogen and oxygen atoms in total. The molecule has 0 rings (SSSR count). The van der Waals surface area contributed by atoms with Gasteiger partial charge in [0, 0.05) is 12.2 Å². The molecule has 0 saturated carbocycles. The molecule has 1 N–H and O–H groups in total. The Hall–Kier alpha value is -0.870. The number of aliphatic carboxylic acids is 1. The Morgan fingerprint density at radius 1 is 1.19 bits per heavy atom. The molecule has 0 saturated heterocycles. The van der Waals surface area contributed by atoms with Gasteiger partial charge in [0.2, 0.25) is 0 Å². The van der Waals surface area contributed by atoms with Crippen molar-refractivity contribution in [1.82, 2.24) is 0 Å². The van der Waals surface area contributed by atoms with Crippen molar-refractivity contribution in [2.24, 2.45) is 0 Å². The smallest absolute Gasteiger partial charge is 0.330 e. The van der Waals surface area contributed by atoms with Gasteiger partial charge in [-0.15, -0.1) is 0 Å². The molecule has 0 spiro atoms. The minimum absolute atomic E-state index is 0.364. The third-order valence-corrected chi connectivity index (χ3v) is 2.06. The number of hydrogen-bond donors (Lipinski definition) is 1. The Morgan fingerprint density at radius 3 is 2.38 bits per heavy atom. The maximum Gasteiger partial charge on any atom is 0.330 e. The van der Waals surface area contributed by atoms with Crippen molar-refractivity contribution in [2.75, 3.05) is 26.4 Å². The third kappa shape index (κ3) is 9.68. The molecule has 0 aromatic rings. The maximum absolute atomic E-state index is 10.4. The number of carboxylic acids is 1. The van der Waals surface area contributed by atoms with Crippen LogP contribution in [-0.2, 0) is 14.3 Å². The number of carboxylic acid groups (broad SMARTS) is 1. The molecular formula is C12H22O4. The Balaban J connectivity index is 3.21. The van der Waals surface area contributed by atoms with Gasteiger partial charge in [0.25, 0.3) is 0 Å². The van der Waals surface area contributed by atoms with Crippen LogP contribution in [0.15, 0.2) is 11.6 Å². The average Bonchev–Trinajstić information content (AvgIpc) is 2.26. The zero-order valence-electron chi connectivity index (χ0n) is 10.2. The van der Waals surface area contributed by atoms with Crippen molar-refractivity contribution in [3.63, 3.8) is 0 Å². The first-order chi connectivity index (χ1) is 7.68. The molecule has 0 radical (unpaired) electrons. The van der Waals surface area contributed by atoms with Crippen molar-refractivity contribution in [2.45, 2.75) is 33.1 Å². The van der Waals surface area contributed by atoms with Crippen molar-refractivity contribution in [1.29, 1.82) is 0 Å². The van der Waals surface area contributed by atoms with Crippen LogP contribution in [-0.4, -0.2) is 37.5 Å². The van der Waals surface area contributed by atoms with Crippen LogP contribution >= 0.6 is 0 Å². The Labute approximate surface area is 97.2 Å². The van der Waals surface area contributed by atoms with Gasteiger partial charge < -0.3 is 14.6 Å². The van der Waals surface area contributed by atoms with Crippen LogP contribution in [0.25, 0.3) is 0 Å². The van der Waals surface area contributed by atoms with E-state index in [1.807, 2.05) is 0 Å². The summed E-state index contributed by atoms with van der Waals surface area (Å²) in [4.78, 5) is 10.4. The highest BCUT2D eigenvalue weighted by Gasteiger charge is 1.97. The van der Waals surface area contributed by atoms with Crippen molar-refractivity contribution in [3.8, 4) is 0 Å². The molecule has 94 valence electrons. The Kier molecular flexibility index (Phi) is 10.1. The molecule has 16 heavy (non-hydrogen) atoms. The van der Waals surface area contributed by atoms with Gasteiger partial charge in [-0.2, -0.15) is 0 Å². The van der Waals surface area contributed by atoms with Crippen LogP contribution in [0, 0.1) is 0 Å². The number of carbonyl (C=O) groups is 1. The minimum Gasteiger partial charge on any atom is -0.478 e. The largest absolute Gasteiger partial charge is 0.478 e. The van der Waals surface area contributed by atoms with Gasteiger partial charge in [-0.05, 0) is 19.8 Å². The minimum atomic E-state index is -0.872. The van der Waals surface area contributed by atoms with Crippen LogP contribution in [0.4, 0.5) is 0 Å². The standard InChI is InChI=1S/C12H22O4/c1-3-4-7-15-9-10-16-8-5-6-11(2)12(13)14/h6H,3-5,7-10H2,1-2H3,(H,13,14). The molecular weight excluding hydrogens is 208 g/mol. The zero-order valence-corrected chi connectivity index (χ0v) is 10.2. The van der Waals surface area contributed by atoms with Gasteiger partial charge in [0.05, 0.1) is 19.8 Å². The monoisotopic (exact) mass is 230 g/mol. The summed E-state index contributed by atoms with van der Waals surface area (Å²) < 4.78 is 10.6. The van der Waals surface area contributed by atoms with E-state index in [0.717, 1.165) is 19.4 Å². The fourth-order valence-electron chi connectivity index (χ4n) is 1.01. The second kappa shape index (κ2) is 10.6. The molecule has 0 bridgehead atoms. The molecule has 4 heteroatoms. The van der Waals surface area contributed by atoms with Crippen LogP contribution in [0.1, 0.15) is 33.1 Å². The number of unbranched alkanes of at least 4 members (excludes halogenated alkanes) is 1. The summed E-state index contributed by atoms with van der Waals surface area (Å²) in [5.74, 6) is -0.872. The quantitative estimate of drug-likeness (QED) is 0.462. The maximum atomic E-state index is 10.4. The fourth-order valence-corrected chi connectivity index (χ4v) is 1.01. The molecule has 0 aromatic heterocycles. The van der Waals surface area contributed by atoms with Crippen molar-refractivity contribution < 1.29 is 19.4 Å². The second-order valence-electron chi connectivity index (χ2n) is 3.56. The second-order valence-corrected chi connectivity index (χ2v) is 3.56. The van der Waals surface area contributed by atoms with E-state index in [4.69, 9.17) is 14.6 Å². The highest BCUT2D eigenvalue weighted by molar-refractivity contribution is 5.85. The highest BCUT2D eigenvalue weighted by atomic mass is 16.5. The van der Waals surface area contributed by atoms with Crippen LogP contribution < -0.4 is 0 Å². The normalized spacial score (nSPS) is 11.8. The highest BCUT2D eigenvalue weighted by Crippen LogP contribution is 1.95. The van der Waals surface area contributed by atoms with E-state index < -0.39 is 5.97 Å². The molecule has 0 unspecified atom stereocenters. The first-order valence-electron chi connectivity index (χ1n) is 5.74. The van der Waals surface area contributed by atoms with Gasteiger partial charge in [0.1, 0.15) is 0 Å². The Morgan fingerprint density at radius 2 is 1.81 bits per heavy atom. The third-order valence-electron chi connectivity index (χ3n) is 2.06. The van der Waals surface area contributed by atoms with E-state index in [0.29, 0.717) is 31.8 Å². The summed E-state index contributed by atoms with van der Waals surface area (Å²) in [6.07, 6.45) is 4.52. The lowest BCUT2D eigenvalue weighted by atomic mass is 10.2. The average molecular weight is 230 g/mol. The first-order valence-corrected chi connectivity index (χ1v) is 5.74. The number of rotatable bonds is 10. The summed E-state index contributed by atoms with van der Waals surface area (Å²) in [5, 5.41) is 8.58. The lowest BCUT2D eigenvalue weighted by Gasteiger charge is -2.04. The summed E-state index contributed by atoms with van der Waals surface area (Å²) in [5.41, 5.74) is 0.364. The molecule has 0 heterocycles. The molecule has 0 aliphatic rings. The topological polar surface area (TPSA) is 55.8 Å². The van der Waals surface area contributed by atoms with E-state index in [9.17, 15) is 4.79 Å². The summed E-state index contributed by atoms with van der Waals surface area (Å²) in [6, 6.07) is 0. The van der Waals surface area contributed by atoms with Gasteiger partial charge in [0.15, 0.2) is 0 Å². The van der Waals surface area contributed by atoms with Crippen LogP contribution in [0.5, 0.6) is 0 Å². The SMILES string of the molecule is CCCCOCCOCCC=C(C)C(=O)O. The van der Waals surface area contributed by atoms with Crippen LogP contribution in [0.2, 0.25) is 0 Å². The predicted octanol–water partition coefficient (Wildman–Crippen LogP) is 2.24. The number of hydrogen-bond acceptors (Lipinski definition) is 3. The molecule has 0 fully saturated rings. The summed E-state index contributed by atoms with van der Waals surface area (Å²) in [6.45, 7) is 6.22. The lowest BCUT2D eigenvalue weighted by Crippen LogP contribution is -2.06. The van der Waals surface area contributed by atoms with E-state index in [1.54, 1.807) is 13.0 Å². The van der Waals surface area contributed by atoms with E-state index in [-0.39, 0.29) is 0 Å². The fraction of sp³-hybridized carbons (Fsp3) is 0.750. The molecule has 0 amide bonds. The summed E-state index contributed by atoms with van der Waals surface area (Å²) >= 11 is 0. The molecule has 0 atom stereocenters. The lowest BCUT2D eigenvalue weighted by molar-refractivity contribution is -0.132. The zero-order chi connectivity index (χ0) is 12.2. The number of ether oxygens (including phenoxy) is 2. The van der Waals surface area contributed by atoms with Crippen molar-refractivity contribution in [3.05, 3.63) is 11.6 Å². The molecule has 0 aliphatic heterocycles. The molecule has 0 aromatic carbocycles. The van der Waals surface area contributed by atoms with Crippen LogP contribution in [0.3, 0.4) is 0 Å². The van der Waals surface area contributed by atoms with E-state index in [2.05, 4.69) is 6.92 Å². The Bertz CT molecular complexity index is 211. The summed E-state index contributed by atoms with van der Waals surface area (Å²) in [7, 11) is 0. The van der Waals surface area contributed by atoms with Gasteiger partial charge >= 0.3 is 5.97 Å². The van der Waals surface area contributed by atoms with E-state index >= 15 is 0 Å². The van der Waals surface area contributed by atoms with Gasteiger partial charge in [-0.3, -0.25) is 0 Å².